The number of benzene rings is 3. The fraction of sp³-hybridized carbons (Fsp3) is 0.120. The first-order valence-corrected chi connectivity index (χ1v) is 12.2. The fourth-order valence-electron chi connectivity index (χ4n) is 3.38. The number of hydrogen-bond acceptors (Lipinski definition) is 7. The summed E-state index contributed by atoms with van der Waals surface area (Å²) < 4.78 is 17.5. The lowest BCUT2D eigenvalue weighted by Crippen LogP contribution is -2.06. The van der Waals surface area contributed by atoms with Crippen molar-refractivity contribution in [3.05, 3.63) is 100 Å². The zero-order valence-corrected chi connectivity index (χ0v) is 22.6. The quantitative estimate of drug-likeness (QED) is 0.0933. The third-order valence-electron chi connectivity index (χ3n) is 5.20. The normalized spacial score (nSPS) is 14.0. The topological polar surface area (TPSA) is 100 Å². The van der Waals surface area contributed by atoms with Gasteiger partial charge in [0, 0.05) is 17.2 Å². The highest BCUT2D eigenvalue weighted by Gasteiger charge is 2.26. The number of carbonyl (C=O) groups excluding carboxylic acids is 1. The molecule has 0 fully saturated rings. The molecule has 3 aromatic rings. The predicted molar refractivity (Wildman–Crippen MR) is 145 cm³/mol. The maximum absolute atomic E-state index is 12.4. The Kier molecular flexibility index (Phi) is 7.82. The Labute approximate surface area is 229 Å². The van der Waals surface area contributed by atoms with Gasteiger partial charge in [0.2, 0.25) is 5.90 Å². The number of nitro groups is 1. The number of aliphatic imine (C=N–C) groups is 1. The summed E-state index contributed by atoms with van der Waals surface area (Å²) in [5.41, 5.74) is 2.26. The molecule has 0 saturated carbocycles. The Balaban J connectivity index is 1.60. The van der Waals surface area contributed by atoms with Gasteiger partial charge in [-0.15, -0.1) is 0 Å². The molecule has 1 aliphatic rings. The summed E-state index contributed by atoms with van der Waals surface area (Å²) >= 11 is 14.2. The SMILES string of the molecule is COc1cc(/C=C2\N=C(c3ccc(C)c([N+](=O)[O-])c3)OC2=O)cc(I)c1OCc1ccc(Cl)c(Cl)c1. The van der Waals surface area contributed by atoms with E-state index in [-0.39, 0.29) is 23.9 Å². The van der Waals surface area contributed by atoms with E-state index in [2.05, 4.69) is 27.6 Å². The van der Waals surface area contributed by atoms with Crippen molar-refractivity contribution in [2.45, 2.75) is 13.5 Å². The monoisotopic (exact) mass is 638 g/mol. The Morgan fingerprint density at radius 1 is 1.14 bits per heavy atom. The van der Waals surface area contributed by atoms with Crippen LogP contribution in [0.3, 0.4) is 0 Å². The lowest BCUT2D eigenvalue weighted by molar-refractivity contribution is -0.385. The number of rotatable bonds is 7. The molecular formula is C25H17Cl2IN2O6. The minimum Gasteiger partial charge on any atom is -0.493 e. The summed E-state index contributed by atoms with van der Waals surface area (Å²) in [6.07, 6.45) is 1.55. The van der Waals surface area contributed by atoms with Gasteiger partial charge in [-0.05, 0) is 77.0 Å². The average molecular weight is 639 g/mol. The third-order valence-corrected chi connectivity index (χ3v) is 6.74. The number of nitro benzene ring substituents is 1. The van der Waals surface area contributed by atoms with Gasteiger partial charge in [-0.1, -0.05) is 35.3 Å². The second-order valence-electron chi connectivity index (χ2n) is 7.67. The van der Waals surface area contributed by atoms with E-state index < -0.39 is 10.9 Å². The molecule has 0 unspecified atom stereocenters. The molecule has 0 amide bonds. The zero-order chi connectivity index (χ0) is 26.0. The molecule has 0 aromatic heterocycles. The summed E-state index contributed by atoms with van der Waals surface area (Å²) in [7, 11) is 1.51. The molecule has 1 aliphatic heterocycles. The van der Waals surface area contributed by atoms with Crippen molar-refractivity contribution in [3.63, 3.8) is 0 Å². The van der Waals surface area contributed by atoms with Crippen LogP contribution in [0.2, 0.25) is 10.0 Å². The van der Waals surface area contributed by atoms with Gasteiger partial charge in [-0.2, -0.15) is 0 Å². The highest BCUT2D eigenvalue weighted by atomic mass is 127. The van der Waals surface area contributed by atoms with Crippen LogP contribution < -0.4 is 9.47 Å². The average Bonchev–Trinajstić information content (AvgIpc) is 3.20. The lowest BCUT2D eigenvalue weighted by Gasteiger charge is -2.14. The largest absolute Gasteiger partial charge is 0.493 e. The van der Waals surface area contributed by atoms with Gasteiger partial charge in [0.05, 0.1) is 25.6 Å². The number of methoxy groups -OCH3 is 1. The first-order valence-electron chi connectivity index (χ1n) is 10.4. The number of halogens is 3. The van der Waals surface area contributed by atoms with Crippen molar-refractivity contribution in [2.75, 3.05) is 7.11 Å². The van der Waals surface area contributed by atoms with Crippen LogP contribution >= 0.6 is 45.8 Å². The van der Waals surface area contributed by atoms with Crippen LogP contribution in [-0.2, 0) is 16.1 Å². The summed E-state index contributed by atoms with van der Waals surface area (Å²) in [4.78, 5) is 27.5. The summed E-state index contributed by atoms with van der Waals surface area (Å²) in [6.45, 7) is 1.87. The molecule has 0 spiro atoms. The van der Waals surface area contributed by atoms with Crippen molar-refractivity contribution in [1.29, 1.82) is 0 Å². The second kappa shape index (κ2) is 10.9. The van der Waals surface area contributed by atoms with Crippen LogP contribution in [0.1, 0.15) is 22.3 Å². The highest BCUT2D eigenvalue weighted by molar-refractivity contribution is 14.1. The number of cyclic esters (lactones) is 1. The van der Waals surface area contributed by atoms with Crippen LogP contribution in [0.25, 0.3) is 6.08 Å². The van der Waals surface area contributed by atoms with E-state index in [1.54, 1.807) is 49.4 Å². The van der Waals surface area contributed by atoms with Crippen LogP contribution in [-0.4, -0.2) is 23.9 Å². The molecule has 3 aromatic carbocycles. The molecular weight excluding hydrogens is 622 g/mol. The van der Waals surface area contributed by atoms with E-state index in [1.165, 1.54) is 13.2 Å². The van der Waals surface area contributed by atoms with Crippen molar-refractivity contribution in [2.24, 2.45) is 4.99 Å². The Hall–Kier alpha value is -3.15. The molecule has 0 aliphatic carbocycles. The molecule has 184 valence electrons. The zero-order valence-electron chi connectivity index (χ0n) is 18.9. The molecule has 0 radical (unpaired) electrons. The number of carbonyl (C=O) groups is 1. The number of hydrogen-bond donors (Lipinski definition) is 0. The van der Waals surface area contributed by atoms with Gasteiger partial charge < -0.3 is 14.2 Å². The van der Waals surface area contributed by atoms with E-state index in [0.29, 0.717) is 38.2 Å². The fourth-order valence-corrected chi connectivity index (χ4v) is 4.48. The molecule has 1 heterocycles. The molecule has 11 heteroatoms. The first-order chi connectivity index (χ1) is 17.2. The van der Waals surface area contributed by atoms with Crippen LogP contribution in [0.15, 0.2) is 59.2 Å². The van der Waals surface area contributed by atoms with Gasteiger partial charge in [-0.25, -0.2) is 9.79 Å². The molecule has 4 rings (SSSR count). The van der Waals surface area contributed by atoms with E-state index in [0.717, 1.165) is 9.13 Å². The maximum atomic E-state index is 12.4. The van der Waals surface area contributed by atoms with Crippen molar-refractivity contribution in [3.8, 4) is 11.5 Å². The van der Waals surface area contributed by atoms with Gasteiger partial charge in [0.1, 0.15) is 6.61 Å². The van der Waals surface area contributed by atoms with Crippen molar-refractivity contribution in [1.82, 2.24) is 0 Å². The van der Waals surface area contributed by atoms with E-state index >= 15 is 0 Å². The minimum atomic E-state index is -0.665. The number of ether oxygens (including phenoxy) is 3. The molecule has 0 saturated heterocycles. The standard InChI is InChI=1S/C25H17Cl2IN2O6/c1-13-3-5-16(11-21(13)30(32)33)24-29-20(25(31)36-24)9-15-8-19(28)23(22(10-15)34-2)35-12-14-4-6-17(26)18(27)7-14/h3-11H,12H2,1-2H3/b20-9-. The van der Waals surface area contributed by atoms with Crippen molar-refractivity contribution >= 4 is 69.4 Å². The van der Waals surface area contributed by atoms with Gasteiger partial charge in [0.15, 0.2) is 17.2 Å². The summed E-state index contributed by atoms with van der Waals surface area (Å²) in [6, 6.07) is 13.3. The van der Waals surface area contributed by atoms with Crippen LogP contribution in [0, 0.1) is 20.6 Å². The Morgan fingerprint density at radius 2 is 1.92 bits per heavy atom. The molecule has 0 N–H and O–H groups in total. The number of aryl methyl sites for hydroxylation is 1. The van der Waals surface area contributed by atoms with E-state index in [1.807, 2.05) is 6.07 Å². The van der Waals surface area contributed by atoms with Gasteiger partial charge >= 0.3 is 5.97 Å². The van der Waals surface area contributed by atoms with Crippen LogP contribution in [0.4, 0.5) is 5.69 Å². The van der Waals surface area contributed by atoms with Gasteiger partial charge in [-0.3, -0.25) is 10.1 Å². The molecule has 36 heavy (non-hydrogen) atoms. The Morgan fingerprint density at radius 3 is 2.61 bits per heavy atom. The lowest BCUT2D eigenvalue weighted by atomic mass is 10.1. The Bertz CT molecular complexity index is 1450. The summed E-state index contributed by atoms with van der Waals surface area (Å²) in [5, 5.41) is 12.1. The number of nitrogens with zero attached hydrogens (tertiary/aromatic N) is 2. The van der Waals surface area contributed by atoms with E-state index in [9.17, 15) is 14.9 Å². The molecule has 8 nitrogen and oxygen atoms in total. The first kappa shape index (κ1) is 25.9. The highest BCUT2D eigenvalue weighted by Crippen LogP contribution is 2.36. The predicted octanol–water partition coefficient (Wildman–Crippen LogP) is 6.75. The third kappa shape index (κ3) is 5.63. The number of esters is 1. The van der Waals surface area contributed by atoms with E-state index in [4.69, 9.17) is 37.4 Å². The molecule has 0 atom stereocenters. The van der Waals surface area contributed by atoms with Crippen molar-refractivity contribution < 1.29 is 23.9 Å². The minimum absolute atomic E-state index is 0.00223. The van der Waals surface area contributed by atoms with Crippen LogP contribution in [0.5, 0.6) is 11.5 Å². The summed E-state index contributed by atoms with van der Waals surface area (Å²) in [5.74, 6) is 0.315. The van der Waals surface area contributed by atoms with Gasteiger partial charge in [0.25, 0.3) is 5.69 Å². The smallest absolute Gasteiger partial charge is 0.363 e. The molecule has 0 bridgehead atoms. The maximum Gasteiger partial charge on any atom is 0.363 e. The second-order valence-corrected chi connectivity index (χ2v) is 9.64.